The van der Waals surface area contributed by atoms with Crippen molar-refractivity contribution in [1.29, 1.82) is 0 Å². The van der Waals surface area contributed by atoms with E-state index in [1.807, 2.05) is 30.3 Å². The van der Waals surface area contributed by atoms with Crippen molar-refractivity contribution >= 4 is 45.0 Å². The van der Waals surface area contributed by atoms with Crippen LogP contribution in [0.15, 0.2) is 54.7 Å². The second-order valence-corrected chi connectivity index (χ2v) is 6.00. The fourth-order valence-electron chi connectivity index (χ4n) is 2.80. The van der Waals surface area contributed by atoms with Gasteiger partial charge in [-0.2, -0.15) is 0 Å². The minimum Gasteiger partial charge on any atom is -0.495 e. The largest absolute Gasteiger partial charge is 0.495 e. The second kappa shape index (κ2) is 6.11. The van der Waals surface area contributed by atoms with Gasteiger partial charge in [-0.25, -0.2) is 0 Å². The Bertz CT molecular complexity index is 1100. The van der Waals surface area contributed by atoms with E-state index >= 15 is 0 Å². The van der Waals surface area contributed by atoms with Gasteiger partial charge in [0, 0.05) is 22.7 Å². The van der Waals surface area contributed by atoms with Crippen LogP contribution in [0.2, 0.25) is 5.02 Å². The zero-order chi connectivity index (χ0) is 17.4. The molecule has 0 aliphatic rings. The lowest BCUT2D eigenvalue weighted by Gasteiger charge is -2.07. The van der Waals surface area contributed by atoms with E-state index in [2.05, 4.69) is 15.3 Å². The third-order valence-electron chi connectivity index (χ3n) is 4.02. The molecule has 6 heteroatoms. The van der Waals surface area contributed by atoms with E-state index in [0.717, 1.165) is 21.8 Å². The van der Waals surface area contributed by atoms with Crippen molar-refractivity contribution in [2.24, 2.45) is 0 Å². The summed E-state index contributed by atoms with van der Waals surface area (Å²) >= 11 is 6.10. The molecule has 124 valence electrons. The molecular formula is C19H14ClN3O2. The zero-order valence-electron chi connectivity index (χ0n) is 13.3. The van der Waals surface area contributed by atoms with E-state index in [1.54, 1.807) is 31.5 Å². The Kier molecular flexibility index (Phi) is 3.78. The molecule has 0 spiro atoms. The summed E-state index contributed by atoms with van der Waals surface area (Å²) in [4.78, 5) is 20.1. The van der Waals surface area contributed by atoms with Gasteiger partial charge in [-0.3, -0.25) is 9.78 Å². The maximum atomic E-state index is 12.5. The van der Waals surface area contributed by atoms with Crippen molar-refractivity contribution in [1.82, 2.24) is 9.97 Å². The number of anilines is 1. The molecule has 4 aromatic rings. The maximum Gasteiger partial charge on any atom is 0.272 e. The van der Waals surface area contributed by atoms with Crippen LogP contribution in [-0.2, 0) is 0 Å². The number of hydrogen-bond donors (Lipinski definition) is 2. The highest BCUT2D eigenvalue weighted by Gasteiger charge is 2.13. The van der Waals surface area contributed by atoms with Crippen LogP contribution in [0.1, 0.15) is 10.5 Å². The van der Waals surface area contributed by atoms with E-state index in [1.165, 1.54) is 0 Å². The highest BCUT2D eigenvalue weighted by Crippen LogP contribution is 2.28. The average molecular weight is 352 g/mol. The molecule has 2 aromatic heterocycles. The summed E-state index contributed by atoms with van der Waals surface area (Å²) in [5.74, 6) is 0.310. The van der Waals surface area contributed by atoms with Crippen molar-refractivity contribution in [3.05, 3.63) is 65.4 Å². The molecular weight excluding hydrogens is 338 g/mol. The quantitative estimate of drug-likeness (QED) is 0.565. The number of rotatable bonds is 3. The summed E-state index contributed by atoms with van der Waals surface area (Å²) in [5.41, 5.74) is 2.74. The normalized spacial score (nSPS) is 11.0. The molecule has 0 bridgehead atoms. The molecule has 2 heterocycles. The van der Waals surface area contributed by atoms with Gasteiger partial charge >= 0.3 is 0 Å². The van der Waals surface area contributed by atoms with Gasteiger partial charge in [0.05, 0.1) is 23.2 Å². The molecule has 5 nitrogen and oxygen atoms in total. The third kappa shape index (κ3) is 2.79. The highest BCUT2D eigenvalue weighted by atomic mass is 35.5. The summed E-state index contributed by atoms with van der Waals surface area (Å²) in [6.45, 7) is 0. The summed E-state index contributed by atoms with van der Waals surface area (Å²) in [7, 11) is 1.54. The van der Waals surface area contributed by atoms with Crippen LogP contribution in [0.25, 0.3) is 21.8 Å². The molecule has 2 N–H and O–H groups in total. The number of carbonyl (C=O) groups excluding carboxylic acids is 1. The topological polar surface area (TPSA) is 67.0 Å². The first-order valence-corrected chi connectivity index (χ1v) is 8.05. The van der Waals surface area contributed by atoms with Gasteiger partial charge in [0.1, 0.15) is 11.4 Å². The second-order valence-electron chi connectivity index (χ2n) is 5.59. The van der Waals surface area contributed by atoms with Crippen LogP contribution in [-0.4, -0.2) is 23.0 Å². The Balaban J connectivity index is 1.68. The Morgan fingerprint density at radius 2 is 2.00 bits per heavy atom. The highest BCUT2D eigenvalue weighted by molar-refractivity contribution is 6.32. The number of hydrogen-bond acceptors (Lipinski definition) is 3. The minimum atomic E-state index is -0.249. The van der Waals surface area contributed by atoms with Crippen LogP contribution in [0.5, 0.6) is 5.75 Å². The van der Waals surface area contributed by atoms with Gasteiger partial charge in [0.15, 0.2) is 0 Å². The number of pyridine rings is 1. The van der Waals surface area contributed by atoms with Gasteiger partial charge in [-0.05, 0) is 30.3 Å². The maximum absolute atomic E-state index is 12.5. The first-order chi connectivity index (χ1) is 12.2. The van der Waals surface area contributed by atoms with Crippen LogP contribution in [0.3, 0.4) is 0 Å². The van der Waals surface area contributed by atoms with Crippen LogP contribution in [0, 0.1) is 0 Å². The summed E-state index contributed by atoms with van der Waals surface area (Å²) in [6.07, 6.45) is 1.74. The lowest BCUT2D eigenvalue weighted by atomic mass is 10.1. The monoisotopic (exact) mass is 351 g/mol. The third-order valence-corrected chi connectivity index (χ3v) is 4.32. The fraction of sp³-hybridized carbons (Fsp3) is 0.0526. The Morgan fingerprint density at radius 1 is 1.16 bits per heavy atom. The molecule has 0 radical (unpaired) electrons. The Labute approximate surface area is 148 Å². The van der Waals surface area contributed by atoms with Crippen LogP contribution >= 0.6 is 11.6 Å². The van der Waals surface area contributed by atoms with Crippen molar-refractivity contribution in [2.75, 3.05) is 12.4 Å². The van der Waals surface area contributed by atoms with Crippen molar-refractivity contribution in [2.45, 2.75) is 0 Å². The molecule has 0 unspecified atom stereocenters. The summed E-state index contributed by atoms with van der Waals surface area (Å²) in [6, 6.07) is 14.7. The van der Waals surface area contributed by atoms with Gasteiger partial charge < -0.3 is 15.0 Å². The van der Waals surface area contributed by atoms with E-state index in [0.29, 0.717) is 22.2 Å². The van der Waals surface area contributed by atoms with E-state index < -0.39 is 0 Å². The molecule has 0 saturated carbocycles. The standard InChI is InChI=1S/C19H14ClN3O2/c1-25-16-7-6-13(10-14(16)20)22-19(24)15-9-12-5-4-11-3-2-8-21-17(11)18(12)23-15/h2-10,23H,1H3,(H,22,24). The van der Waals surface area contributed by atoms with Crippen LogP contribution in [0.4, 0.5) is 5.69 Å². The number of halogens is 1. The number of fused-ring (bicyclic) bond motifs is 3. The van der Waals surface area contributed by atoms with Gasteiger partial charge in [0.2, 0.25) is 0 Å². The number of aromatic nitrogens is 2. The molecule has 0 aliphatic heterocycles. The number of H-pyrrole nitrogens is 1. The number of benzene rings is 2. The Morgan fingerprint density at radius 3 is 2.80 bits per heavy atom. The number of amides is 1. The minimum absolute atomic E-state index is 0.249. The summed E-state index contributed by atoms with van der Waals surface area (Å²) in [5, 5.41) is 5.22. The zero-order valence-corrected chi connectivity index (χ0v) is 14.1. The Hall–Kier alpha value is -3.05. The lowest BCUT2D eigenvalue weighted by molar-refractivity contribution is 0.102. The smallest absolute Gasteiger partial charge is 0.272 e. The molecule has 0 aliphatic carbocycles. The molecule has 0 saturated heterocycles. The molecule has 1 amide bonds. The van der Waals surface area contributed by atoms with Crippen molar-refractivity contribution in [3.63, 3.8) is 0 Å². The number of methoxy groups -OCH3 is 1. The molecule has 0 fully saturated rings. The van der Waals surface area contributed by atoms with Crippen molar-refractivity contribution in [3.8, 4) is 5.75 Å². The first-order valence-electron chi connectivity index (χ1n) is 7.67. The van der Waals surface area contributed by atoms with Crippen LogP contribution < -0.4 is 10.1 Å². The van der Waals surface area contributed by atoms with E-state index in [9.17, 15) is 4.79 Å². The average Bonchev–Trinajstić information content (AvgIpc) is 3.07. The number of nitrogens with zero attached hydrogens (tertiary/aromatic N) is 1. The van der Waals surface area contributed by atoms with E-state index in [4.69, 9.17) is 16.3 Å². The van der Waals surface area contributed by atoms with Gasteiger partial charge in [0.25, 0.3) is 5.91 Å². The van der Waals surface area contributed by atoms with Crippen molar-refractivity contribution < 1.29 is 9.53 Å². The number of carbonyl (C=O) groups is 1. The van der Waals surface area contributed by atoms with Gasteiger partial charge in [-0.1, -0.05) is 29.8 Å². The lowest BCUT2D eigenvalue weighted by Crippen LogP contribution is -2.12. The summed E-state index contributed by atoms with van der Waals surface area (Å²) < 4.78 is 5.11. The number of aromatic amines is 1. The predicted octanol–water partition coefficient (Wildman–Crippen LogP) is 4.63. The number of ether oxygens (including phenoxy) is 1. The molecule has 25 heavy (non-hydrogen) atoms. The number of nitrogens with one attached hydrogen (secondary N) is 2. The fourth-order valence-corrected chi connectivity index (χ4v) is 3.06. The molecule has 2 aromatic carbocycles. The predicted molar refractivity (Wildman–Crippen MR) is 99.6 cm³/mol. The SMILES string of the molecule is COc1ccc(NC(=O)c2cc3ccc4cccnc4c3[nH]2)cc1Cl. The first kappa shape index (κ1) is 15.5. The molecule has 4 rings (SSSR count). The van der Waals surface area contributed by atoms with E-state index in [-0.39, 0.29) is 5.91 Å². The van der Waals surface area contributed by atoms with Gasteiger partial charge in [-0.15, -0.1) is 0 Å². The molecule has 0 atom stereocenters.